The first-order valence-corrected chi connectivity index (χ1v) is 6.82. The predicted octanol–water partition coefficient (Wildman–Crippen LogP) is 3.58. The molecule has 6 heteroatoms. The highest BCUT2D eigenvalue weighted by Gasteiger charge is 2.11. The number of carbonyl (C=O) groups is 2. The molecule has 4 nitrogen and oxygen atoms in total. The Kier molecular flexibility index (Phi) is 5.12. The zero-order valence-electron chi connectivity index (χ0n) is 11.7. The summed E-state index contributed by atoms with van der Waals surface area (Å²) in [5.41, 5.74) is 1.48. The number of hydrogen-bond acceptors (Lipinski definition) is 3. The first kappa shape index (κ1) is 16.0. The van der Waals surface area contributed by atoms with E-state index in [0.717, 1.165) is 11.6 Å². The summed E-state index contributed by atoms with van der Waals surface area (Å²) in [5, 5.41) is 2.57. The fraction of sp³-hybridized carbons (Fsp3) is 0.125. The fourth-order valence-electron chi connectivity index (χ4n) is 1.68. The van der Waals surface area contributed by atoms with Crippen LogP contribution in [0, 0.1) is 12.7 Å². The second-order valence-electron chi connectivity index (χ2n) is 4.61. The third kappa shape index (κ3) is 4.30. The second-order valence-corrected chi connectivity index (χ2v) is 5.02. The summed E-state index contributed by atoms with van der Waals surface area (Å²) in [5.74, 6) is -1.75. The molecule has 0 aliphatic heterocycles. The molecular weight excluding hydrogens is 309 g/mol. The molecule has 2 aromatic carbocycles. The summed E-state index contributed by atoms with van der Waals surface area (Å²) < 4.78 is 18.0. The van der Waals surface area contributed by atoms with Crippen LogP contribution in [-0.4, -0.2) is 18.5 Å². The van der Waals surface area contributed by atoms with Gasteiger partial charge in [0, 0.05) is 0 Å². The normalized spacial score (nSPS) is 10.1. The van der Waals surface area contributed by atoms with Crippen LogP contribution in [0.15, 0.2) is 42.5 Å². The van der Waals surface area contributed by atoms with Crippen molar-refractivity contribution >= 4 is 29.2 Å². The van der Waals surface area contributed by atoms with Gasteiger partial charge in [-0.05, 0) is 37.3 Å². The quantitative estimate of drug-likeness (QED) is 0.876. The molecule has 0 radical (unpaired) electrons. The number of benzene rings is 2. The third-order valence-corrected chi connectivity index (χ3v) is 3.15. The van der Waals surface area contributed by atoms with Crippen LogP contribution in [0.3, 0.4) is 0 Å². The molecule has 0 fully saturated rings. The summed E-state index contributed by atoms with van der Waals surface area (Å²) in [7, 11) is 0. The molecule has 1 N–H and O–H groups in total. The van der Waals surface area contributed by atoms with Crippen molar-refractivity contribution in [2.75, 3.05) is 11.9 Å². The molecule has 0 bridgehead atoms. The van der Waals surface area contributed by atoms with Crippen LogP contribution in [0.5, 0.6) is 0 Å². The summed E-state index contributed by atoms with van der Waals surface area (Å²) in [6.45, 7) is 1.41. The Labute approximate surface area is 131 Å². The average Bonchev–Trinajstić information content (AvgIpc) is 2.49. The smallest absolute Gasteiger partial charge is 0.338 e. The Balaban J connectivity index is 1.91. The number of amides is 1. The van der Waals surface area contributed by atoms with Crippen molar-refractivity contribution < 1.29 is 18.7 Å². The van der Waals surface area contributed by atoms with Crippen LogP contribution in [0.4, 0.5) is 10.1 Å². The van der Waals surface area contributed by atoms with Gasteiger partial charge >= 0.3 is 5.97 Å². The maximum absolute atomic E-state index is 13.1. The number of aryl methyl sites for hydroxylation is 1. The Bertz CT molecular complexity index is 701. The van der Waals surface area contributed by atoms with E-state index >= 15 is 0 Å². The predicted molar refractivity (Wildman–Crippen MR) is 81.5 cm³/mol. The zero-order valence-corrected chi connectivity index (χ0v) is 12.5. The lowest BCUT2D eigenvalue weighted by molar-refractivity contribution is -0.119. The standard InChI is InChI=1S/C16H13ClFNO3/c1-10-2-4-11(5-3-10)16(21)22-9-15(20)19-14-8-12(18)6-7-13(14)17/h2-8H,9H2,1H3,(H,19,20). The Hall–Kier alpha value is -2.40. The maximum atomic E-state index is 13.1. The molecule has 0 saturated carbocycles. The number of nitrogens with one attached hydrogen (secondary N) is 1. The van der Waals surface area contributed by atoms with Crippen LogP contribution in [0.2, 0.25) is 5.02 Å². The number of ether oxygens (including phenoxy) is 1. The number of halogens is 2. The van der Waals surface area contributed by atoms with E-state index in [-0.39, 0.29) is 10.7 Å². The summed E-state index contributed by atoms with van der Waals surface area (Å²) in [4.78, 5) is 23.4. The van der Waals surface area contributed by atoms with Gasteiger partial charge in [-0.25, -0.2) is 9.18 Å². The first-order chi connectivity index (χ1) is 10.5. The fourth-order valence-corrected chi connectivity index (χ4v) is 1.85. The van der Waals surface area contributed by atoms with Crippen molar-refractivity contribution in [3.63, 3.8) is 0 Å². The van der Waals surface area contributed by atoms with Crippen LogP contribution < -0.4 is 5.32 Å². The molecule has 0 aromatic heterocycles. The number of carbonyl (C=O) groups excluding carboxylic acids is 2. The Morgan fingerprint density at radius 2 is 1.86 bits per heavy atom. The molecule has 0 saturated heterocycles. The monoisotopic (exact) mass is 321 g/mol. The van der Waals surface area contributed by atoms with Gasteiger partial charge in [0.05, 0.1) is 16.3 Å². The molecular formula is C16H13ClFNO3. The third-order valence-electron chi connectivity index (χ3n) is 2.82. The molecule has 114 valence electrons. The van der Waals surface area contributed by atoms with E-state index in [2.05, 4.69) is 5.32 Å². The van der Waals surface area contributed by atoms with Gasteiger partial charge in [-0.2, -0.15) is 0 Å². The highest BCUT2D eigenvalue weighted by molar-refractivity contribution is 6.33. The summed E-state index contributed by atoms with van der Waals surface area (Å²) in [6.07, 6.45) is 0. The minimum atomic E-state index is -0.611. The van der Waals surface area contributed by atoms with Crippen molar-refractivity contribution in [3.05, 3.63) is 64.4 Å². The minimum Gasteiger partial charge on any atom is -0.452 e. The molecule has 1 amide bonds. The van der Waals surface area contributed by atoms with Gasteiger partial charge < -0.3 is 10.1 Å². The van der Waals surface area contributed by atoms with Gasteiger partial charge in [0.25, 0.3) is 5.91 Å². The molecule has 22 heavy (non-hydrogen) atoms. The topological polar surface area (TPSA) is 55.4 Å². The van der Waals surface area contributed by atoms with Gasteiger partial charge in [-0.15, -0.1) is 0 Å². The van der Waals surface area contributed by atoms with E-state index < -0.39 is 24.3 Å². The largest absolute Gasteiger partial charge is 0.452 e. The minimum absolute atomic E-state index is 0.123. The second kappa shape index (κ2) is 7.04. The van der Waals surface area contributed by atoms with Gasteiger partial charge in [0.2, 0.25) is 0 Å². The summed E-state index contributed by atoms with van der Waals surface area (Å²) in [6, 6.07) is 10.3. The van der Waals surface area contributed by atoms with E-state index in [4.69, 9.17) is 16.3 Å². The van der Waals surface area contributed by atoms with Gasteiger partial charge in [-0.1, -0.05) is 29.3 Å². The first-order valence-electron chi connectivity index (χ1n) is 6.44. The molecule has 0 spiro atoms. The lowest BCUT2D eigenvalue weighted by Crippen LogP contribution is -2.21. The van der Waals surface area contributed by atoms with Crippen molar-refractivity contribution in [1.29, 1.82) is 0 Å². The van der Waals surface area contributed by atoms with E-state index in [9.17, 15) is 14.0 Å². The molecule has 0 unspecified atom stereocenters. The van der Waals surface area contributed by atoms with Crippen LogP contribution >= 0.6 is 11.6 Å². The SMILES string of the molecule is Cc1ccc(C(=O)OCC(=O)Nc2cc(F)ccc2Cl)cc1. The Morgan fingerprint density at radius 1 is 1.18 bits per heavy atom. The molecule has 0 aliphatic rings. The van der Waals surface area contributed by atoms with Crippen LogP contribution in [0.1, 0.15) is 15.9 Å². The molecule has 0 aliphatic carbocycles. The maximum Gasteiger partial charge on any atom is 0.338 e. The van der Waals surface area contributed by atoms with Gasteiger partial charge in [0.15, 0.2) is 6.61 Å². The number of esters is 1. The van der Waals surface area contributed by atoms with Crippen molar-refractivity contribution in [2.24, 2.45) is 0 Å². The summed E-state index contributed by atoms with van der Waals surface area (Å²) >= 11 is 5.82. The van der Waals surface area contributed by atoms with Gasteiger partial charge in [-0.3, -0.25) is 4.79 Å². The van der Waals surface area contributed by atoms with Crippen molar-refractivity contribution in [3.8, 4) is 0 Å². The van der Waals surface area contributed by atoms with Crippen molar-refractivity contribution in [2.45, 2.75) is 6.92 Å². The molecule has 2 aromatic rings. The van der Waals surface area contributed by atoms with E-state index in [1.807, 2.05) is 6.92 Å². The van der Waals surface area contributed by atoms with Crippen molar-refractivity contribution in [1.82, 2.24) is 0 Å². The average molecular weight is 322 g/mol. The van der Waals surface area contributed by atoms with E-state index in [0.29, 0.717) is 5.56 Å². The number of anilines is 1. The molecule has 0 heterocycles. The van der Waals surface area contributed by atoms with E-state index in [1.54, 1.807) is 24.3 Å². The lowest BCUT2D eigenvalue weighted by Gasteiger charge is -2.08. The lowest BCUT2D eigenvalue weighted by atomic mass is 10.1. The van der Waals surface area contributed by atoms with E-state index in [1.165, 1.54) is 12.1 Å². The highest BCUT2D eigenvalue weighted by Crippen LogP contribution is 2.22. The Morgan fingerprint density at radius 3 is 2.55 bits per heavy atom. The molecule has 0 atom stereocenters. The number of hydrogen-bond donors (Lipinski definition) is 1. The van der Waals surface area contributed by atoms with Crippen LogP contribution in [-0.2, 0) is 9.53 Å². The molecule has 2 rings (SSSR count). The highest BCUT2D eigenvalue weighted by atomic mass is 35.5. The zero-order chi connectivity index (χ0) is 16.1. The van der Waals surface area contributed by atoms with Crippen LogP contribution in [0.25, 0.3) is 0 Å². The van der Waals surface area contributed by atoms with Gasteiger partial charge in [0.1, 0.15) is 5.82 Å². The number of rotatable bonds is 4.